The molecule has 2 heteroatoms. The summed E-state index contributed by atoms with van der Waals surface area (Å²) in [5.41, 5.74) is 1.17. The molecule has 0 saturated carbocycles. The van der Waals surface area contributed by atoms with Crippen molar-refractivity contribution >= 4 is 0 Å². The molecule has 0 aromatic rings. The van der Waals surface area contributed by atoms with E-state index >= 15 is 0 Å². The van der Waals surface area contributed by atoms with E-state index in [0.717, 1.165) is 17.6 Å². The summed E-state index contributed by atoms with van der Waals surface area (Å²) in [6, 6.07) is 0. The molecule has 0 fully saturated rings. The first kappa shape index (κ1) is 12.2. The number of hydrogen-bond acceptors (Lipinski definition) is 1. The summed E-state index contributed by atoms with van der Waals surface area (Å²) in [7, 11) is 2.18. The first-order chi connectivity index (χ1) is 6.00. The molecule has 0 rings (SSSR count). The predicted molar refractivity (Wildman–Crippen MR) is 57.4 cm³/mol. The van der Waals surface area contributed by atoms with Crippen LogP contribution in [0.5, 0.6) is 0 Å². The van der Waals surface area contributed by atoms with Crippen molar-refractivity contribution in [2.45, 2.75) is 27.7 Å². The monoisotopic (exact) mass is 184 g/mol. The highest BCUT2D eigenvalue weighted by Gasteiger charge is 2.20. The second-order valence-electron chi connectivity index (χ2n) is 3.53. The molecule has 0 amide bonds. The molecule has 0 aromatic carbocycles. The van der Waals surface area contributed by atoms with Gasteiger partial charge in [-0.3, -0.25) is 4.48 Å². The van der Waals surface area contributed by atoms with Crippen LogP contribution in [0.25, 0.3) is 0 Å². The van der Waals surface area contributed by atoms with E-state index in [0.29, 0.717) is 5.76 Å². The van der Waals surface area contributed by atoms with Gasteiger partial charge in [0, 0.05) is 6.08 Å². The number of likely N-dealkylation sites (N-methyl/N-ethyl adjacent to an activating group) is 1. The SMILES string of the molecule is CC=C(C=C(C)O)[N+](C)(CC)CC. The Morgan fingerprint density at radius 3 is 2.00 bits per heavy atom. The molecule has 0 spiro atoms. The van der Waals surface area contributed by atoms with Crippen molar-refractivity contribution < 1.29 is 9.59 Å². The average Bonchev–Trinajstić information content (AvgIpc) is 2.12. The van der Waals surface area contributed by atoms with Crippen LogP contribution < -0.4 is 0 Å². The summed E-state index contributed by atoms with van der Waals surface area (Å²) in [5, 5.41) is 9.22. The maximum atomic E-state index is 9.22. The van der Waals surface area contributed by atoms with E-state index < -0.39 is 0 Å². The molecule has 0 aliphatic heterocycles. The molecule has 1 N–H and O–H groups in total. The summed E-state index contributed by atoms with van der Waals surface area (Å²) < 4.78 is 0.869. The second-order valence-corrected chi connectivity index (χ2v) is 3.53. The minimum Gasteiger partial charge on any atom is -0.512 e. The zero-order valence-electron chi connectivity index (χ0n) is 9.46. The van der Waals surface area contributed by atoms with Crippen LogP contribution in [-0.4, -0.2) is 29.7 Å². The molecular weight excluding hydrogens is 162 g/mol. The van der Waals surface area contributed by atoms with E-state index in [4.69, 9.17) is 0 Å². The smallest absolute Gasteiger partial charge is 0.131 e. The normalized spacial score (nSPS) is 14.8. The molecule has 76 valence electrons. The van der Waals surface area contributed by atoms with Crippen molar-refractivity contribution in [3.05, 3.63) is 23.6 Å². The summed E-state index contributed by atoms with van der Waals surface area (Å²) >= 11 is 0. The van der Waals surface area contributed by atoms with Gasteiger partial charge < -0.3 is 5.11 Å². The minimum atomic E-state index is 0.374. The fourth-order valence-corrected chi connectivity index (χ4v) is 1.35. The van der Waals surface area contributed by atoms with Crippen LogP contribution in [0.2, 0.25) is 0 Å². The average molecular weight is 184 g/mol. The van der Waals surface area contributed by atoms with E-state index in [1.807, 2.05) is 13.0 Å². The van der Waals surface area contributed by atoms with Crippen LogP contribution in [0.1, 0.15) is 27.7 Å². The number of rotatable bonds is 4. The Kier molecular flexibility index (Phi) is 4.78. The Labute approximate surface area is 81.8 Å². The van der Waals surface area contributed by atoms with Gasteiger partial charge in [-0.05, 0) is 33.8 Å². The van der Waals surface area contributed by atoms with Crippen LogP contribution in [-0.2, 0) is 0 Å². The lowest BCUT2D eigenvalue weighted by Gasteiger charge is -2.32. The van der Waals surface area contributed by atoms with Gasteiger partial charge in [-0.15, -0.1) is 0 Å². The van der Waals surface area contributed by atoms with Gasteiger partial charge >= 0.3 is 0 Å². The molecule has 13 heavy (non-hydrogen) atoms. The van der Waals surface area contributed by atoms with Crippen LogP contribution in [0, 0.1) is 0 Å². The Morgan fingerprint density at radius 1 is 1.31 bits per heavy atom. The Morgan fingerprint density at radius 2 is 1.77 bits per heavy atom. The number of aliphatic hydroxyl groups is 1. The number of nitrogens with zero attached hydrogens (tertiary/aromatic N) is 1. The Balaban J connectivity index is 4.87. The predicted octanol–water partition coefficient (Wildman–Crippen LogP) is 2.84. The molecular formula is C11H22NO+. The number of aliphatic hydroxyl groups excluding tert-OH is 1. The van der Waals surface area contributed by atoms with E-state index in [1.54, 1.807) is 6.92 Å². The van der Waals surface area contributed by atoms with Gasteiger partial charge in [0.05, 0.1) is 25.9 Å². The third kappa shape index (κ3) is 3.23. The van der Waals surface area contributed by atoms with E-state index in [1.165, 1.54) is 5.70 Å². The van der Waals surface area contributed by atoms with Crippen LogP contribution >= 0.6 is 0 Å². The highest BCUT2D eigenvalue weighted by atomic mass is 16.3. The lowest BCUT2D eigenvalue weighted by atomic mass is 10.2. The second kappa shape index (κ2) is 5.07. The Hall–Kier alpha value is -0.760. The highest BCUT2D eigenvalue weighted by molar-refractivity contribution is 5.12. The van der Waals surface area contributed by atoms with Gasteiger partial charge in [0.1, 0.15) is 5.70 Å². The lowest BCUT2D eigenvalue weighted by molar-refractivity contribution is -0.866. The van der Waals surface area contributed by atoms with Crippen molar-refractivity contribution in [1.82, 2.24) is 0 Å². The molecule has 0 aliphatic rings. The molecule has 0 unspecified atom stereocenters. The number of quaternary nitrogens is 1. The molecule has 0 atom stereocenters. The minimum absolute atomic E-state index is 0.374. The third-order valence-corrected chi connectivity index (χ3v) is 2.67. The molecule has 0 aromatic heterocycles. The van der Waals surface area contributed by atoms with Crippen molar-refractivity contribution in [3.63, 3.8) is 0 Å². The van der Waals surface area contributed by atoms with E-state index in [9.17, 15) is 5.11 Å². The van der Waals surface area contributed by atoms with E-state index in [2.05, 4.69) is 27.0 Å². The van der Waals surface area contributed by atoms with Gasteiger partial charge in [0.15, 0.2) is 0 Å². The van der Waals surface area contributed by atoms with Crippen molar-refractivity contribution in [3.8, 4) is 0 Å². The quantitative estimate of drug-likeness (QED) is 0.404. The van der Waals surface area contributed by atoms with E-state index in [-0.39, 0.29) is 0 Å². The van der Waals surface area contributed by atoms with Crippen molar-refractivity contribution in [2.75, 3.05) is 20.1 Å². The zero-order valence-corrected chi connectivity index (χ0v) is 9.46. The zero-order chi connectivity index (χ0) is 10.5. The van der Waals surface area contributed by atoms with Crippen molar-refractivity contribution in [2.24, 2.45) is 0 Å². The van der Waals surface area contributed by atoms with Crippen LogP contribution in [0.3, 0.4) is 0 Å². The first-order valence-corrected chi connectivity index (χ1v) is 4.88. The maximum absolute atomic E-state index is 9.22. The molecule has 2 nitrogen and oxygen atoms in total. The third-order valence-electron chi connectivity index (χ3n) is 2.67. The standard InChI is InChI=1S/C11H21NO/c1-6-11(9-10(4)13)12(5,7-2)8-3/h6,9H,7-8H2,1-5H3/p+1. The Bertz CT molecular complexity index is 208. The molecule has 0 bridgehead atoms. The fourth-order valence-electron chi connectivity index (χ4n) is 1.35. The highest BCUT2D eigenvalue weighted by Crippen LogP contribution is 2.16. The number of hydrogen-bond donors (Lipinski definition) is 1. The maximum Gasteiger partial charge on any atom is 0.131 e. The summed E-state index contributed by atoms with van der Waals surface area (Å²) in [6.07, 6.45) is 3.90. The van der Waals surface area contributed by atoms with Gasteiger partial charge in [-0.1, -0.05) is 0 Å². The van der Waals surface area contributed by atoms with Gasteiger partial charge in [-0.2, -0.15) is 0 Å². The van der Waals surface area contributed by atoms with Gasteiger partial charge in [0.25, 0.3) is 0 Å². The van der Waals surface area contributed by atoms with Crippen LogP contribution in [0.15, 0.2) is 23.6 Å². The van der Waals surface area contributed by atoms with Crippen molar-refractivity contribution in [1.29, 1.82) is 0 Å². The lowest BCUT2D eigenvalue weighted by Crippen LogP contribution is -2.41. The fraction of sp³-hybridized carbons (Fsp3) is 0.636. The molecule has 0 heterocycles. The largest absolute Gasteiger partial charge is 0.512 e. The topological polar surface area (TPSA) is 20.2 Å². The first-order valence-electron chi connectivity index (χ1n) is 4.88. The molecule has 0 saturated heterocycles. The molecule has 0 radical (unpaired) electrons. The van der Waals surface area contributed by atoms with Gasteiger partial charge in [0.2, 0.25) is 0 Å². The summed E-state index contributed by atoms with van der Waals surface area (Å²) in [4.78, 5) is 0. The summed E-state index contributed by atoms with van der Waals surface area (Å²) in [6.45, 7) is 10.1. The van der Waals surface area contributed by atoms with Gasteiger partial charge in [-0.25, -0.2) is 0 Å². The molecule has 0 aliphatic carbocycles. The van der Waals surface area contributed by atoms with Crippen LogP contribution in [0.4, 0.5) is 0 Å². The summed E-state index contributed by atoms with van der Waals surface area (Å²) in [5.74, 6) is 0.374. The number of allylic oxidation sites excluding steroid dienone is 3.